The molecule has 236 valence electrons. The van der Waals surface area contributed by atoms with E-state index < -0.39 is 48.8 Å². The molecule has 13 heteroatoms. The largest absolute Gasteiger partial charge is 0.487 e. The van der Waals surface area contributed by atoms with E-state index in [0.29, 0.717) is 5.56 Å². The van der Waals surface area contributed by atoms with Crippen molar-refractivity contribution < 1.29 is 62.9 Å². The molecule has 0 saturated carbocycles. The molecule has 3 atom stereocenters. The van der Waals surface area contributed by atoms with Gasteiger partial charge in [-0.05, 0) is 44.5 Å². The van der Waals surface area contributed by atoms with E-state index in [0.717, 1.165) is 6.08 Å². The number of carbonyl (C=O) groups is 4. The lowest BCUT2D eigenvalue weighted by atomic mass is 10.2. The standard InChI is InChI=1S/C30H38O13/c1-18(2)28(35)41-15-22(31)12-38-25-9-7-21(11-26(25)39-13-23(32)16-42-29(36)19(3)4)8-10-27(34)40-14-24(33)17-43-30(37)20(5)6/h7-11,22-24,31-33H,1,3,5,12-17H2,2,4,6H3/b10-8+. The topological polar surface area (TPSA) is 184 Å². The van der Waals surface area contributed by atoms with Crippen LogP contribution in [0.4, 0.5) is 0 Å². The van der Waals surface area contributed by atoms with E-state index in [4.69, 9.17) is 28.4 Å². The maximum absolute atomic E-state index is 12.1. The van der Waals surface area contributed by atoms with Crippen LogP contribution in [-0.2, 0) is 38.1 Å². The van der Waals surface area contributed by atoms with Crippen molar-refractivity contribution in [3.63, 3.8) is 0 Å². The molecule has 0 aromatic heterocycles. The fourth-order valence-electron chi connectivity index (χ4n) is 2.65. The van der Waals surface area contributed by atoms with Crippen LogP contribution in [0.15, 0.2) is 60.7 Å². The molecule has 0 bridgehead atoms. The van der Waals surface area contributed by atoms with Crippen molar-refractivity contribution in [1.29, 1.82) is 0 Å². The van der Waals surface area contributed by atoms with E-state index in [-0.39, 0.29) is 61.3 Å². The van der Waals surface area contributed by atoms with E-state index >= 15 is 0 Å². The molecule has 3 N–H and O–H groups in total. The summed E-state index contributed by atoms with van der Waals surface area (Å²) in [5.74, 6) is -2.58. The minimum Gasteiger partial charge on any atom is -0.487 e. The van der Waals surface area contributed by atoms with E-state index in [2.05, 4.69) is 19.7 Å². The number of ether oxygens (including phenoxy) is 6. The molecule has 0 aliphatic rings. The van der Waals surface area contributed by atoms with Gasteiger partial charge in [-0.1, -0.05) is 25.8 Å². The zero-order valence-corrected chi connectivity index (χ0v) is 24.4. The van der Waals surface area contributed by atoms with Crippen molar-refractivity contribution in [3.05, 3.63) is 66.3 Å². The number of aliphatic hydroxyl groups is 3. The molecule has 0 saturated heterocycles. The molecule has 0 radical (unpaired) electrons. The fraction of sp³-hybridized carbons (Fsp3) is 0.400. The highest BCUT2D eigenvalue weighted by Crippen LogP contribution is 2.29. The Kier molecular flexibility index (Phi) is 16.0. The van der Waals surface area contributed by atoms with Gasteiger partial charge in [-0.25, -0.2) is 19.2 Å². The van der Waals surface area contributed by atoms with Gasteiger partial charge in [0.05, 0.1) is 0 Å². The van der Waals surface area contributed by atoms with Crippen molar-refractivity contribution in [2.45, 2.75) is 39.1 Å². The molecule has 0 aliphatic carbocycles. The van der Waals surface area contributed by atoms with Crippen LogP contribution in [0.25, 0.3) is 6.08 Å². The summed E-state index contributed by atoms with van der Waals surface area (Å²) in [4.78, 5) is 46.6. The minimum absolute atomic E-state index is 0.0988. The highest BCUT2D eigenvalue weighted by atomic mass is 16.6. The predicted octanol–water partition coefficient (Wildman–Crippen LogP) is 1.44. The molecular formula is C30H38O13. The van der Waals surface area contributed by atoms with Gasteiger partial charge in [0.1, 0.15) is 58.0 Å². The number of esters is 4. The average molecular weight is 607 g/mol. The number of benzene rings is 1. The van der Waals surface area contributed by atoms with Crippen molar-refractivity contribution in [3.8, 4) is 11.5 Å². The normalized spacial score (nSPS) is 12.8. The molecular weight excluding hydrogens is 568 g/mol. The van der Waals surface area contributed by atoms with Crippen molar-refractivity contribution >= 4 is 30.0 Å². The lowest BCUT2D eigenvalue weighted by Crippen LogP contribution is -2.26. The van der Waals surface area contributed by atoms with Gasteiger partial charge in [0.2, 0.25) is 0 Å². The van der Waals surface area contributed by atoms with E-state index in [1.807, 2.05) is 0 Å². The Morgan fingerprint density at radius 2 is 1.05 bits per heavy atom. The Morgan fingerprint density at radius 1 is 0.651 bits per heavy atom. The van der Waals surface area contributed by atoms with Crippen LogP contribution in [0.2, 0.25) is 0 Å². The fourth-order valence-corrected chi connectivity index (χ4v) is 2.65. The summed E-state index contributed by atoms with van der Waals surface area (Å²) < 4.78 is 30.8. The number of carbonyl (C=O) groups excluding carboxylic acids is 4. The van der Waals surface area contributed by atoms with Crippen LogP contribution in [0.3, 0.4) is 0 Å². The van der Waals surface area contributed by atoms with Gasteiger partial charge in [-0.15, -0.1) is 0 Å². The van der Waals surface area contributed by atoms with Crippen LogP contribution in [0.1, 0.15) is 26.3 Å². The first kappa shape index (κ1) is 36.6. The number of rotatable bonds is 19. The summed E-state index contributed by atoms with van der Waals surface area (Å²) >= 11 is 0. The van der Waals surface area contributed by atoms with Crippen LogP contribution in [-0.4, -0.2) is 97.1 Å². The first-order chi connectivity index (χ1) is 20.2. The average Bonchev–Trinajstić information content (AvgIpc) is 2.96. The smallest absolute Gasteiger partial charge is 0.333 e. The van der Waals surface area contributed by atoms with Crippen molar-refractivity contribution in [2.75, 3.05) is 39.6 Å². The Balaban J connectivity index is 2.86. The van der Waals surface area contributed by atoms with Crippen LogP contribution in [0.5, 0.6) is 11.5 Å². The Labute approximate surface area is 249 Å². The molecule has 1 aromatic rings. The summed E-state index contributed by atoms with van der Waals surface area (Å²) in [5, 5.41) is 30.1. The Bertz CT molecular complexity index is 1200. The quantitative estimate of drug-likeness (QED) is 0.117. The van der Waals surface area contributed by atoms with E-state index in [1.54, 1.807) is 6.07 Å². The molecule has 0 aliphatic heterocycles. The van der Waals surface area contributed by atoms with Crippen LogP contribution < -0.4 is 9.47 Å². The highest BCUT2D eigenvalue weighted by Gasteiger charge is 2.16. The van der Waals surface area contributed by atoms with Gasteiger partial charge in [0, 0.05) is 22.8 Å². The highest BCUT2D eigenvalue weighted by molar-refractivity contribution is 5.88. The monoisotopic (exact) mass is 606 g/mol. The minimum atomic E-state index is -1.24. The maximum atomic E-state index is 12.1. The lowest BCUT2D eigenvalue weighted by Gasteiger charge is -2.18. The van der Waals surface area contributed by atoms with Crippen molar-refractivity contribution in [1.82, 2.24) is 0 Å². The summed E-state index contributed by atoms with van der Waals surface area (Å²) in [7, 11) is 0. The third-order valence-electron chi connectivity index (χ3n) is 4.93. The third-order valence-corrected chi connectivity index (χ3v) is 4.93. The first-order valence-corrected chi connectivity index (χ1v) is 13.0. The van der Waals surface area contributed by atoms with Crippen LogP contribution >= 0.6 is 0 Å². The number of hydrogen-bond acceptors (Lipinski definition) is 13. The molecule has 0 fully saturated rings. The SMILES string of the molecule is C=C(C)C(=O)OCC(O)COC(=O)/C=C/c1ccc(OCC(O)COC(=O)C(=C)C)c(OCC(O)COC(=O)C(=C)C)c1. The summed E-state index contributed by atoms with van der Waals surface area (Å²) in [6.07, 6.45) is -1.17. The van der Waals surface area contributed by atoms with E-state index in [9.17, 15) is 34.5 Å². The zero-order valence-electron chi connectivity index (χ0n) is 24.4. The summed E-state index contributed by atoms with van der Waals surface area (Å²) in [6, 6.07) is 4.49. The Morgan fingerprint density at radius 3 is 1.49 bits per heavy atom. The van der Waals surface area contributed by atoms with Crippen molar-refractivity contribution in [2.24, 2.45) is 0 Å². The predicted molar refractivity (Wildman–Crippen MR) is 153 cm³/mol. The Hall–Kier alpha value is -4.46. The van der Waals surface area contributed by atoms with Gasteiger partial charge in [0.15, 0.2) is 11.5 Å². The molecule has 43 heavy (non-hydrogen) atoms. The second-order valence-electron chi connectivity index (χ2n) is 9.39. The second kappa shape index (κ2) is 18.9. The summed E-state index contributed by atoms with van der Waals surface area (Å²) in [5.41, 5.74) is 0.932. The summed E-state index contributed by atoms with van der Waals surface area (Å²) in [6.45, 7) is 12.6. The molecule has 13 nitrogen and oxygen atoms in total. The van der Waals surface area contributed by atoms with Crippen LogP contribution in [0, 0.1) is 0 Å². The molecule has 0 spiro atoms. The first-order valence-electron chi connectivity index (χ1n) is 13.0. The van der Waals surface area contributed by atoms with E-state index in [1.165, 1.54) is 39.0 Å². The third kappa shape index (κ3) is 15.4. The molecule has 1 rings (SSSR count). The van der Waals surface area contributed by atoms with Gasteiger partial charge < -0.3 is 43.7 Å². The number of hydrogen-bond donors (Lipinski definition) is 3. The van der Waals surface area contributed by atoms with Gasteiger partial charge in [-0.3, -0.25) is 0 Å². The van der Waals surface area contributed by atoms with Gasteiger partial charge in [-0.2, -0.15) is 0 Å². The second-order valence-corrected chi connectivity index (χ2v) is 9.39. The molecule has 3 unspecified atom stereocenters. The molecule has 1 aromatic carbocycles. The maximum Gasteiger partial charge on any atom is 0.333 e. The van der Waals surface area contributed by atoms with Gasteiger partial charge >= 0.3 is 23.9 Å². The zero-order chi connectivity index (χ0) is 32.5. The molecule has 0 heterocycles. The molecule has 0 amide bonds. The number of aliphatic hydroxyl groups excluding tert-OH is 3. The van der Waals surface area contributed by atoms with Gasteiger partial charge in [0.25, 0.3) is 0 Å². The lowest BCUT2D eigenvalue weighted by molar-refractivity contribution is -0.147.